The standard InChI is InChI=1S/C10H16F3N3OS.2ClH/c11-10(12,13)6-15-1-3-16(4-2-15)9(17)8-5-18-7-14-8;;/h8,14H,1-7H2;2*1H. The van der Waals surface area contributed by atoms with Gasteiger partial charge in [-0.1, -0.05) is 0 Å². The lowest BCUT2D eigenvalue weighted by molar-refractivity contribution is -0.152. The second kappa shape index (κ2) is 8.53. The van der Waals surface area contributed by atoms with Crippen molar-refractivity contribution >= 4 is 42.5 Å². The van der Waals surface area contributed by atoms with Crippen molar-refractivity contribution in [2.24, 2.45) is 0 Å². The Labute approximate surface area is 132 Å². The molecule has 0 spiro atoms. The maximum absolute atomic E-state index is 12.2. The highest BCUT2D eigenvalue weighted by atomic mass is 35.5. The first-order valence-electron chi connectivity index (χ1n) is 5.85. The first kappa shape index (κ1) is 20.1. The molecule has 2 saturated heterocycles. The molecule has 0 aromatic heterocycles. The maximum Gasteiger partial charge on any atom is 0.401 e. The van der Waals surface area contributed by atoms with Gasteiger partial charge in [-0.15, -0.1) is 36.6 Å². The first-order valence-corrected chi connectivity index (χ1v) is 7.00. The molecule has 0 aromatic carbocycles. The zero-order valence-electron chi connectivity index (χ0n) is 10.7. The molecule has 4 nitrogen and oxygen atoms in total. The van der Waals surface area contributed by atoms with E-state index in [1.807, 2.05) is 0 Å². The van der Waals surface area contributed by atoms with E-state index in [0.717, 1.165) is 11.6 Å². The summed E-state index contributed by atoms with van der Waals surface area (Å²) in [6.45, 7) is 0.484. The van der Waals surface area contributed by atoms with E-state index < -0.39 is 12.7 Å². The quantitative estimate of drug-likeness (QED) is 0.807. The average molecular weight is 356 g/mol. The summed E-state index contributed by atoms with van der Waals surface area (Å²) in [5.74, 6) is 1.54. The lowest BCUT2D eigenvalue weighted by Crippen LogP contribution is -2.54. The molecule has 2 rings (SSSR count). The Morgan fingerprint density at radius 3 is 2.25 bits per heavy atom. The van der Waals surface area contributed by atoms with E-state index in [4.69, 9.17) is 0 Å². The van der Waals surface area contributed by atoms with Gasteiger partial charge < -0.3 is 4.90 Å². The Morgan fingerprint density at radius 2 is 1.80 bits per heavy atom. The molecule has 2 fully saturated rings. The number of halogens is 5. The van der Waals surface area contributed by atoms with Crippen molar-refractivity contribution in [3.63, 3.8) is 0 Å². The molecule has 20 heavy (non-hydrogen) atoms. The van der Waals surface area contributed by atoms with Crippen LogP contribution < -0.4 is 5.32 Å². The van der Waals surface area contributed by atoms with E-state index in [1.165, 1.54) is 4.90 Å². The van der Waals surface area contributed by atoms with Crippen molar-refractivity contribution in [1.82, 2.24) is 15.1 Å². The molecule has 1 N–H and O–H groups in total. The molecule has 0 aliphatic carbocycles. The van der Waals surface area contributed by atoms with Gasteiger partial charge in [0.05, 0.1) is 12.6 Å². The van der Waals surface area contributed by atoms with Crippen LogP contribution in [0.4, 0.5) is 13.2 Å². The van der Waals surface area contributed by atoms with Gasteiger partial charge in [-0.25, -0.2) is 0 Å². The third-order valence-corrected chi connectivity index (χ3v) is 4.04. The van der Waals surface area contributed by atoms with Gasteiger partial charge in [0.1, 0.15) is 0 Å². The smallest absolute Gasteiger partial charge is 0.339 e. The van der Waals surface area contributed by atoms with Crippen LogP contribution in [0.15, 0.2) is 0 Å². The fourth-order valence-electron chi connectivity index (χ4n) is 2.15. The lowest BCUT2D eigenvalue weighted by atomic mass is 10.2. The highest BCUT2D eigenvalue weighted by Gasteiger charge is 2.34. The fraction of sp³-hybridized carbons (Fsp3) is 0.900. The van der Waals surface area contributed by atoms with Gasteiger partial charge in [0.15, 0.2) is 0 Å². The molecule has 2 aliphatic heterocycles. The van der Waals surface area contributed by atoms with Crippen LogP contribution in [0.5, 0.6) is 0 Å². The third-order valence-electron chi connectivity index (χ3n) is 3.10. The number of thioether (sulfide) groups is 1. The zero-order valence-corrected chi connectivity index (χ0v) is 13.1. The van der Waals surface area contributed by atoms with Crippen molar-refractivity contribution in [3.8, 4) is 0 Å². The van der Waals surface area contributed by atoms with Crippen LogP contribution in [0, 0.1) is 0 Å². The number of nitrogens with one attached hydrogen (secondary N) is 1. The minimum atomic E-state index is -4.16. The molecule has 1 atom stereocenters. The van der Waals surface area contributed by atoms with Crippen LogP contribution in [0.2, 0.25) is 0 Å². The topological polar surface area (TPSA) is 35.6 Å². The summed E-state index contributed by atoms with van der Waals surface area (Å²) in [7, 11) is 0. The summed E-state index contributed by atoms with van der Waals surface area (Å²) in [6, 6.07) is -0.163. The number of hydrogen-bond donors (Lipinski definition) is 1. The highest BCUT2D eigenvalue weighted by molar-refractivity contribution is 7.99. The molecule has 10 heteroatoms. The second-order valence-corrected chi connectivity index (χ2v) is 5.52. The molecule has 2 aliphatic rings. The molecule has 120 valence electrons. The van der Waals surface area contributed by atoms with E-state index in [2.05, 4.69) is 5.32 Å². The molecule has 0 radical (unpaired) electrons. The molecule has 1 unspecified atom stereocenters. The Balaban J connectivity index is 0.00000180. The number of alkyl halides is 3. The number of carbonyl (C=O) groups excluding carboxylic acids is 1. The molecule has 0 saturated carbocycles. The molecular formula is C10H18Cl2F3N3OS. The van der Waals surface area contributed by atoms with Crippen molar-refractivity contribution in [2.45, 2.75) is 12.2 Å². The highest BCUT2D eigenvalue weighted by Crippen LogP contribution is 2.18. The van der Waals surface area contributed by atoms with Crippen molar-refractivity contribution in [3.05, 3.63) is 0 Å². The summed E-state index contributed by atoms with van der Waals surface area (Å²) >= 11 is 1.67. The van der Waals surface area contributed by atoms with Crippen LogP contribution in [0.1, 0.15) is 0 Å². The van der Waals surface area contributed by atoms with Crippen molar-refractivity contribution < 1.29 is 18.0 Å². The molecular weight excluding hydrogens is 338 g/mol. The minimum absolute atomic E-state index is 0. The second-order valence-electron chi connectivity index (χ2n) is 4.49. The van der Waals surface area contributed by atoms with E-state index >= 15 is 0 Å². The molecule has 1 amide bonds. The Kier molecular flexibility index (Phi) is 8.57. The number of amides is 1. The Morgan fingerprint density at radius 1 is 1.20 bits per heavy atom. The Hall–Kier alpha value is 0.110. The predicted molar refractivity (Wildman–Crippen MR) is 77.8 cm³/mol. The van der Waals surface area contributed by atoms with Gasteiger partial charge in [0, 0.05) is 37.8 Å². The van der Waals surface area contributed by atoms with Crippen molar-refractivity contribution in [2.75, 3.05) is 44.4 Å². The maximum atomic E-state index is 12.2. The van der Waals surface area contributed by atoms with Crippen molar-refractivity contribution in [1.29, 1.82) is 0 Å². The number of piperazine rings is 1. The van der Waals surface area contributed by atoms with Crippen LogP contribution >= 0.6 is 36.6 Å². The largest absolute Gasteiger partial charge is 0.401 e. The Bertz CT molecular complexity index is 309. The normalized spacial score (nSPS) is 23.9. The predicted octanol–water partition coefficient (Wildman–Crippen LogP) is 1.20. The van der Waals surface area contributed by atoms with E-state index in [9.17, 15) is 18.0 Å². The summed E-state index contributed by atoms with van der Waals surface area (Å²) in [5.41, 5.74) is 0. The van der Waals surface area contributed by atoms with Gasteiger partial charge in [-0.05, 0) is 0 Å². The minimum Gasteiger partial charge on any atom is -0.339 e. The van der Waals surface area contributed by atoms with Gasteiger partial charge in [0.2, 0.25) is 5.91 Å². The summed E-state index contributed by atoms with van der Waals surface area (Å²) in [5, 5.41) is 3.08. The first-order chi connectivity index (χ1) is 8.46. The third kappa shape index (κ3) is 5.85. The lowest BCUT2D eigenvalue weighted by Gasteiger charge is -2.36. The zero-order chi connectivity index (χ0) is 13.2. The van der Waals surface area contributed by atoms with Gasteiger partial charge in [0.25, 0.3) is 0 Å². The number of nitrogens with zero attached hydrogens (tertiary/aromatic N) is 2. The number of hydrogen-bond acceptors (Lipinski definition) is 4. The van der Waals surface area contributed by atoms with Crippen LogP contribution in [0.3, 0.4) is 0 Å². The van der Waals surface area contributed by atoms with Crippen LogP contribution in [-0.2, 0) is 4.79 Å². The van der Waals surface area contributed by atoms with Gasteiger partial charge in [-0.3, -0.25) is 15.0 Å². The van der Waals surface area contributed by atoms with Gasteiger partial charge >= 0.3 is 6.18 Å². The fourth-order valence-corrected chi connectivity index (χ4v) is 3.09. The van der Waals surface area contributed by atoms with E-state index in [0.29, 0.717) is 26.2 Å². The van der Waals surface area contributed by atoms with Gasteiger partial charge in [-0.2, -0.15) is 13.2 Å². The summed E-state index contributed by atoms with van der Waals surface area (Å²) < 4.78 is 36.6. The number of carbonyl (C=O) groups is 1. The SMILES string of the molecule is Cl.Cl.O=C(C1CSCN1)N1CCN(CC(F)(F)F)CC1. The monoisotopic (exact) mass is 355 g/mol. The number of rotatable bonds is 2. The molecule has 0 bridgehead atoms. The van der Waals surface area contributed by atoms with Crippen LogP contribution in [-0.4, -0.2) is 72.3 Å². The van der Waals surface area contributed by atoms with E-state index in [1.54, 1.807) is 16.7 Å². The summed E-state index contributed by atoms with van der Waals surface area (Å²) in [4.78, 5) is 15.0. The molecule has 2 heterocycles. The van der Waals surface area contributed by atoms with Crippen LogP contribution in [0.25, 0.3) is 0 Å². The molecule has 0 aromatic rings. The summed E-state index contributed by atoms with van der Waals surface area (Å²) in [6.07, 6.45) is -4.16. The van der Waals surface area contributed by atoms with E-state index in [-0.39, 0.29) is 36.8 Å². The average Bonchev–Trinajstić information content (AvgIpc) is 2.80.